The Morgan fingerprint density at radius 1 is 0.767 bits per heavy atom. The van der Waals surface area contributed by atoms with Gasteiger partial charge in [0.2, 0.25) is 11.8 Å². The Labute approximate surface area is 345 Å². The number of likely N-dealkylation sites (tertiary alicyclic amines) is 2. The van der Waals surface area contributed by atoms with E-state index in [1.807, 2.05) is 94.5 Å². The third-order valence-corrected chi connectivity index (χ3v) is 11.2. The average Bonchev–Trinajstić information content (AvgIpc) is 3.87. The van der Waals surface area contributed by atoms with E-state index >= 15 is 0 Å². The van der Waals surface area contributed by atoms with Crippen molar-refractivity contribution in [3.05, 3.63) is 116 Å². The smallest absolute Gasteiger partial charge is 0.251 e. The van der Waals surface area contributed by atoms with Crippen molar-refractivity contribution in [1.82, 2.24) is 48.9 Å². The largest absolute Gasteiger partial charge is 0.457 e. The SMILES string of the molecule is C=CC(=O)N1CCC[C@@H](n2nc(-c3ccc(Oc4ccccc4)cc3)c3c(=N)n(CCC(=O)N4CCC[C@@H](n5nc(Oc6ccccc6)c6c(N)ncnc65)C4)cnc32)C1. The molecule has 0 aliphatic carbocycles. The number of nitrogens with one attached hydrogen (secondary N) is 1. The summed E-state index contributed by atoms with van der Waals surface area (Å²) in [5, 5.41) is 20.5. The molecule has 0 bridgehead atoms. The number of carbonyl (C=O) groups excluding carboxylic acids is 2. The number of nitrogens with zero attached hydrogens (tertiary/aromatic N) is 10. The summed E-state index contributed by atoms with van der Waals surface area (Å²) < 4.78 is 17.5. The molecule has 7 aromatic rings. The molecule has 2 aliphatic rings. The van der Waals surface area contributed by atoms with Gasteiger partial charge in [0, 0.05) is 44.7 Å². The minimum Gasteiger partial charge on any atom is -0.457 e. The molecule has 2 aliphatic heterocycles. The van der Waals surface area contributed by atoms with Gasteiger partial charge in [-0.15, -0.1) is 5.10 Å². The monoisotopic (exact) mass is 804 g/mol. The third-order valence-electron chi connectivity index (χ3n) is 11.2. The number of benzene rings is 3. The Hall–Kier alpha value is -7.36. The van der Waals surface area contributed by atoms with Crippen LogP contribution in [-0.4, -0.2) is 86.9 Å². The van der Waals surface area contributed by atoms with Crippen LogP contribution in [0.4, 0.5) is 5.82 Å². The first-order chi connectivity index (χ1) is 29.3. The molecule has 3 N–H and O–H groups in total. The van der Waals surface area contributed by atoms with Crippen LogP contribution in [0.3, 0.4) is 0 Å². The Morgan fingerprint density at radius 3 is 2.08 bits per heavy atom. The standard InChI is InChI=1S/C44H44N12O4/c1-2-35(57)52-22-9-11-30(25-52)55-42-37(39(50-55)29-17-19-34(20-18-29)59-32-13-5-3-6-14-32)41(46)54(28-49-42)24-21-36(58)53-23-10-12-31(26-53)56-43-38(40(45)47-27-48-43)44(51-56)60-33-15-7-4-8-16-33/h2-8,13-20,27-28,30-31,46H,1,9-12,21-26H2,(H2,45,47,48)/t30-,31-/m1/s1. The van der Waals surface area contributed by atoms with Crippen LogP contribution in [0.1, 0.15) is 44.2 Å². The number of para-hydroxylation sites is 2. The highest BCUT2D eigenvalue weighted by atomic mass is 16.5. The van der Waals surface area contributed by atoms with Crippen molar-refractivity contribution in [1.29, 1.82) is 5.41 Å². The molecule has 0 radical (unpaired) electrons. The normalized spacial score (nSPS) is 16.9. The Balaban J connectivity index is 0.971. The molecular formula is C44H44N12O4. The van der Waals surface area contributed by atoms with Crippen LogP contribution in [-0.2, 0) is 16.1 Å². The molecule has 3 aromatic carbocycles. The lowest BCUT2D eigenvalue weighted by atomic mass is 10.1. The number of piperidine rings is 2. The first-order valence-corrected chi connectivity index (χ1v) is 20.1. The number of nitrogen functional groups attached to an aromatic ring is 1. The van der Waals surface area contributed by atoms with Gasteiger partial charge in [-0.05, 0) is 80.3 Å². The summed E-state index contributed by atoms with van der Waals surface area (Å²) in [6.07, 6.45) is 7.67. The number of carbonyl (C=O) groups is 2. The number of aryl methyl sites for hydroxylation is 1. The quantitative estimate of drug-likeness (QED) is 0.141. The lowest BCUT2D eigenvalue weighted by Gasteiger charge is -2.33. The summed E-state index contributed by atoms with van der Waals surface area (Å²) in [5.74, 6) is 2.40. The van der Waals surface area contributed by atoms with Crippen LogP contribution in [0.15, 0.2) is 110 Å². The minimum atomic E-state index is -0.166. The zero-order valence-corrected chi connectivity index (χ0v) is 32.9. The zero-order chi connectivity index (χ0) is 41.2. The maximum Gasteiger partial charge on any atom is 0.251 e. The second-order valence-electron chi connectivity index (χ2n) is 15.0. The van der Waals surface area contributed by atoms with Crippen LogP contribution in [0, 0.1) is 5.41 Å². The second kappa shape index (κ2) is 16.5. The highest BCUT2D eigenvalue weighted by Crippen LogP contribution is 2.35. The Morgan fingerprint density at radius 2 is 1.38 bits per heavy atom. The van der Waals surface area contributed by atoms with Crippen molar-refractivity contribution in [3.63, 3.8) is 0 Å². The topological polar surface area (TPSA) is 188 Å². The fraction of sp³-hybridized carbons (Fsp3) is 0.273. The summed E-state index contributed by atoms with van der Waals surface area (Å²) in [6, 6.07) is 26.2. The molecule has 9 rings (SSSR count). The maximum atomic E-state index is 13.9. The van der Waals surface area contributed by atoms with E-state index in [1.54, 1.807) is 20.5 Å². The number of rotatable bonds is 11. The maximum absolute atomic E-state index is 13.9. The molecule has 4 aromatic heterocycles. The van der Waals surface area contributed by atoms with E-state index in [9.17, 15) is 15.0 Å². The van der Waals surface area contributed by atoms with Crippen LogP contribution in [0.25, 0.3) is 33.3 Å². The number of aromatic nitrogens is 8. The predicted molar refractivity (Wildman–Crippen MR) is 224 cm³/mol. The van der Waals surface area contributed by atoms with Gasteiger partial charge in [-0.2, -0.15) is 5.10 Å². The van der Waals surface area contributed by atoms with Gasteiger partial charge in [0.05, 0.1) is 23.8 Å². The lowest BCUT2D eigenvalue weighted by molar-refractivity contribution is -0.133. The van der Waals surface area contributed by atoms with Gasteiger partial charge in [-0.3, -0.25) is 15.0 Å². The Bertz CT molecular complexity index is 2750. The van der Waals surface area contributed by atoms with Gasteiger partial charge in [-0.1, -0.05) is 43.0 Å². The van der Waals surface area contributed by atoms with Gasteiger partial charge in [0.25, 0.3) is 5.88 Å². The van der Waals surface area contributed by atoms with E-state index in [1.165, 1.54) is 12.4 Å². The van der Waals surface area contributed by atoms with Crippen molar-refractivity contribution in [2.75, 3.05) is 31.9 Å². The van der Waals surface area contributed by atoms with Gasteiger partial charge in [0.1, 0.15) is 46.0 Å². The molecule has 0 spiro atoms. The van der Waals surface area contributed by atoms with Crippen molar-refractivity contribution in [2.24, 2.45) is 0 Å². The molecule has 2 saturated heterocycles. The number of anilines is 1. The Kier molecular flexibility index (Phi) is 10.5. The van der Waals surface area contributed by atoms with E-state index in [0.29, 0.717) is 71.3 Å². The molecule has 304 valence electrons. The highest BCUT2D eigenvalue weighted by molar-refractivity contribution is 5.92. The van der Waals surface area contributed by atoms with Crippen molar-refractivity contribution in [3.8, 4) is 34.4 Å². The molecule has 60 heavy (non-hydrogen) atoms. The van der Waals surface area contributed by atoms with Gasteiger partial charge < -0.3 is 29.6 Å². The number of fused-ring (bicyclic) bond motifs is 2. The number of nitrogens with two attached hydrogens (primary N) is 1. The number of hydrogen-bond donors (Lipinski definition) is 2. The zero-order valence-electron chi connectivity index (χ0n) is 32.9. The number of amides is 2. The molecule has 0 saturated carbocycles. The molecule has 16 nitrogen and oxygen atoms in total. The predicted octanol–water partition coefficient (Wildman–Crippen LogP) is 6.29. The molecule has 0 unspecified atom stereocenters. The fourth-order valence-corrected chi connectivity index (χ4v) is 8.15. The third kappa shape index (κ3) is 7.54. The second-order valence-corrected chi connectivity index (χ2v) is 15.0. The van der Waals surface area contributed by atoms with E-state index < -0.39 is 0 Å². The lowest BCUT2D eigenvalue weighted by Crippen LogP contribution is -2.41. The molecule has 2 atom stereocenters. The molecule has 16 heteroatoms. The first-order valence-electron chi connectivity index (χ1n) is 20.1. The minimum absolute atomic E-state index is 0.0443. The van der Waals surface area contributed by atoms with Gasteiger partial charge in [-0.25, -0.2) is 24.3 Å². The molecule has 2 amide bonds. The highest BCUT2D eigenvalue weighted by Gasteiger charge is 2.31. The van der Waals surface area contributed by atoms with Crippen molar-refractivity contribution in [2.45, 2.75) is 50.7 Å². The van der Waals surface area contributed by atoms with Crippen molar-refractivity contribution < 1.29 is 19.1 Å². The van der Waals surface area contributed by atoms with E-state index in [2.05, 4.69) is 16.5 Å². The van der Waals surface area contributed by atoms with Crippen LogP contribution in [0.5, 0.6) is 23.1 Å². The number of ether oxygens (including phenoxy) is 2. The summed E-state index contributed by atoms with van der Waals surface area (Å²) in [4.78, 5) is 43.7. The van der Waals surface area contributed by atoms with E-state index in [-0.39, 0.29) is 48.2 Å². The summed E-state index contributed by atoms with van der Waals surface area (Å²) in [7, 11) is 0. The average molecular weight is 805 g/mol. The van der Waals surface area contributed by atoms with Crippen LogP contribution < -0.4 is 20.7 Å². The summed E-state index contributed by atoms with van der Waals surface area (Å²) in [5.41, 5.74) is 8.96. The van der Waals surface area contributed by atoms with E-state index in [0.717, 1.165) is 37.0 Å². The van der Waals surface area contributed by atoms with Gasteiger partial charge in [0.15, 0.2) is 11.3 Å². The number of hydrogen-bond acceptors (Lipinski definition) is 11. The fourth-order valence-electron chi connectivity index (χ4n) is 8.15. The molecule has 6 heterocycles. The summed E-state index contributed by atoms with van der Waals surface area (Å²) in [6.45, 7) is 6.04. The summed E-state index contributed by atoms with van der Waals surface area (Å²) >= 11 is 0. The van der Waals surface area contributed by atoms with Crippen LogP contribution in [0.2, 0.25) is 0 Å². The van der Waals surface area contributed by atoms with Crippen LogP contribution >= 0.6 is 0 Å². The first kappa shape index (κ1) is 38.2. The molecular weight excluding hydrogens is 761 g/mol. The van der Waals surface area contributed by atoms with Crippen molar-refractivity contribution >= 4 is 39.7 Å². The van der Waals surface area contributed by atoms with E-state index in [4.69, 9.17) is 30.4 Å². The molecule has 2 fully saturated rings. The van der Waals surface area contributed by atoms with Gasteiger partial charge >= 0.3 is 0 Å².